The van der Waals surface area contributed by atoms with Crippen LogP contribution in [-0.2, 0) is 19.5 Å². The number of halogens is 3. The highest BCUT2D eigenvalue weighted by Crippen LogP contribution is 2.41. The van der Waals surface area contributed by atoms with Crippen LogP contribution in [0.1, 0.15) is 43.0 Å². The number of alkyl halides is 2. The van der Waals surface area contributed by atoms with Crippen molar-refractivity contribution in [2.45, 2.75) is 58.0 Å². The number of thiophene rings is 1. The summed E-state index contributed by atoms with van der Waals surface area (Å²) in [5.41, 5.74) is 3.87. The van der Waals surface area contributed by atoms with Crippen molar-refractivity contribution in [2.24, 2.45) is 0 Å². The Morgan fingerprint density at radius 1 is 1.07 bits per heavy atom. The van der Waals surface area contributed by atoms with Gasteiger partial charge in [0, 0.05) is 64.7 Å². The molecule has 2 aliphatic rings. The molecule has 6 rings (SSSR count). The van der Waals surface area contributed by atoms with E-state index in [9.17, 15) is 18.4 Å². The topological polar surface area (TPSA) is 81.0 Å². The summed E-state index contributed by atoms with van der Waals surface area (Å²) < 4.78 is 29.7. The molecule has 40 heavy (non-hydrogen) atoms. The van der Waals surface area contributed by atoms with Gasteiger partial charge in [-0.15, -0.1) is 11.3 Å². The molecule has 1 aromatic carbocycles. The summed E-state index contributed by atoms with van der Waals surface area (Å²) in [5.74, 6) is -2.90. The Hall–Kier alpha value is -3.08. The van der Waals surface area contributed by atoms with E-state index in [0.717, 1.165) is 67.4 Å². The molecule has 0 atom stereocenters. The lowest BCUT2D eigenvalue weighted by atomic mass is 9.95. The van der Waals surface area contributed by atoms with Crippen LogP contribution >= 0.6 is 22.9 Å². The van der Waals surface area contributed by atoms with Crippen LogP contribution in [0.15, 0.2) is 52.3 Å². The number of benzene rings is 1. The first kappa shape index (κ1) is 28.4. The molecule has 0 bridgehead atoms. The lowest BCUT2D eigenvalue weighted by Crippen LogP contribution is -2.39. The molecule has 7 nitrogen and oxygen atoms in total. The van der Waals surface area contributed by atoms with Crippen LogP contribution in [0.3, 0.4) is 0 Å². The van der Waals surface area contributed by atoms with Crippen molar-refractivity contribution in [3.63, 3.8) is 0 Å². The van der Waals surface area contributed by atoms with Gasteiger partial charge in [0.2, 0.25) is 5.92 Å². The summed E-state index contributed by atoms with van der Waals surface area (Å²) in [4.78, 5) is 30.6. The molecule has 0 saturated carbocycles. The molecule has 1 fully saturated rings. The van der Waals surface area contributed by atoms with Gasteiger partial charge < -0.3 is 15.2 Å². The quantitative estimate of drug-likeness (QED) is 0.300. The second kappa shape index (κ2) is 12.2. The maximum Gasteiger partial charge on any atom is 0.331 e. The monoisotopic (exact) mass is 587 g/mol. The molecule has 2 N–H and O–H groups in total. The fourth-order valence-electron chi connectivity index (χ4n) is 5.02. The number of nitrogens with zero attached hydrogens (tertiary/aromatic N) is 3. The minimum Gasteiger partial charge on any atom is -0.384 e. The van der Waals surface area contributed by atoms with Crippen molar-refractivity contribution in [3.8, 4) is 11.1 Å². The second-order valence-corrected chi connectivity index (χ2v) is 11.9. The van der Waals surface area contributed by atoms with Crippen molar-refractivity contribution < 1.29 is 8.78 Å². The number of hydrogen-bond acceptors (Lipinski definition) is 6. The summed E-state index contributed by atoms with van der Waals surface area (Å²) >= 11 is 7.89. The van der Waals surface area contributed by atoms with Crippen molar-refractivity contribution >= 4 is 38.8 Å². The van der Waals surface area contributed by atoms with E-state index in [-0.39, 0.29) is 13.1 Å². The van der Waals surface area contributed by atoms with Crippen molar-refractivity contribution in [2.75, 3.05) is 25.0 Å². The fraction of sp³-hybridized carbons (Fsp3) is 0.414. The Kier molecular flexibility index (Phi) is 8.68. The van der Waals surface area contributed by atoms with Gasteiger partial charge in [0.15, 0.2) is 0 Å². The third-order valence-corrected chi connectivity index (χ3v) is 8.43. The number of fused-ring (bicyclic) bond motifs is 2. The molecular weight excluding hydrogens is 556 g/mol. The average Bonchev–Trinajstić information content (AvgIpc) is 3.63. The molecule has 5 heterocycles. The first-order valence-electron chi connectivity index (χ1n) is 13.5. The number of pyridine rings is 1. The SMILES string of the molecule is C1CCNC1.CC(F)(F)CCn1ccc(=O)n(Cc2cc3nccc(-c4cc(Cl)cc5c4NCCC5)c3s2)c1=O. The highest BCUT2D eigenvalue weighted by molar-refractivity contribution is 7.19. The summed E-state index contributed by atoms with van der Waals surface area (Å²) in [6.07, 6.45) is 7.29. The van der Waals surface area contributed by atoms with Crippen LogP contribution < -0.4 is 21.9 Å². The van der Waals surface area contributed by atoms with Gasteiger partial charge in [0.25, 0.3) is 5.56 Å². The number of nitrogens with one attached hydrogen (secondary N) is 2. The first-order chi connectivity index (χ1) is 19.2. The molecule has 3 aromatic heterocycles. The van der Waals surface area contributed by atoms with E-state index in [1.54, 1.807) is 6.20 Å². The van der Waals surface area contributed by atoms with Crippen LogP contribution in [-0.4, -0.2) is 39.7 Å². The summed E-state index contributed by atoms with van der Waals surface area (Å²) in [6, 6.07) is 8.97. The minimum atomic E-state index is -2.90. The predicted octanol–water partition coefficient (Wildman–Crippen LogP) is 5.76. The van der Waals surface area contributed by atoms with E-state index in [1.807, 2.05) is 24.3 Å². The van der Waals surface area contributed by atoms with Crippen molar-refractivity contribution in [1.82, 2.24) is 19.4 Å². The summed E-state index contributed by atoms with van der Waals surface area (Å²) in [6.45, 7) is 4.06. The molecule has 0 spiro atoms. The average molecular weight is 588 g/mol. The van der Waals surface area contributed by atoms with Crippen LogP contribution in [0, 0.1) is 0 Å². The maximum absolute atomic E-state index is 13.3. The Labute approximate surface area is 239 Å². The van der Waals surface area contributed by atoms with E-state index in [2.05, 4.69) is 15.6 Å². The molecule has 0 unspecified atom stereocenters. The maximum atomic E-state index is 13.3. The molecule has 0 amide bonds. The largest absolute Gasteiger partial charge is 0.384 e. The van der Waals surface area contributed by atoms with Crippen LogP contribution in [0.25, 0.3) is 21.3 Å². The predicted molar refractivity (Wildman–Crippen MR) is 158 cm³/mol. The number of rotatable bonds is 6. The van der Waals surface area contributed by atoms with Gasteiger partial charge in [0.1, 0.15) is 0 Å². The van der Waals surface area contributed by atoms with Crippen molar-refractivity contribution in [1.29, 1.82) is 0 Å². The van der Waals surface area contributed by atoms with Gasteiger partial charge in [-0.3, -0.25) is 14.3 Å². The molecule has 212 valence electrons. The van der Waals surface area contributed by atoms with Gasteiger partial charge >= 0.3 is 5.69 Å². The zero-order valence-corrected chi connectivity index (χ0v) is 23.9. The van der Waals surface area contributed by atoms with Gasteiger partial charge in [0.05, 0.1) is 16.8 Å². The normalized spacial score (nSPS) is 14.9. The molecule has 4 aromatic rings. The van der Waals surface area contributed by atoms with E-state index in [1.165, 1.54) is 55.1 Å². The molecule has 11 heteroatoms. The zero-order valence-electron chi connectivity index (χ0n) is 22.3. The third-order valence-electron chi connectivity index (χ3n) is 7.07. The highest BCUT2D eigenvalue weighted by Gasteiger charge is 2.22. The van der Waals surface area contributed by atoms with E-state index < -0.39 is 23.6 Å². The van der Waals surface area contributed by atoms with E-state index >= 15 is 0 Å². The molecule has 0 radical (unpaired) electrons. The zero-order chi connectivity index (χ0) is 28.3. The summed E-state index contributed by atoms with van der Waals surface area (Å²) in [7, 11) is 0. The van der Waals surface area contributed by atoms with Gasteiger partial charge in [-0.05, 0) is 75.5 Å². The highest BCUT2D eigenvalue weighted by atomic mass is 35.5. The Morgan fingerprint density at radius 2 is 1.88 bits per heavy atom. The standard InChI is InChI=1S/C25H23ClF2N4O2S.C4H9N/c1-25(27,28)6-10-31-9-5-21(33)32(24(31)34)14-17-13-20-23(35-17)18(4-8-29-20)19-12-16(26)11-15-3-2-7-30-22(15)19;1-2-4-5-3-1/h4-5,8-9,11-13,30H,2-3,6-7,10,14H2,1H3;5H,1-4H2. The van der Waals surface area contributed by atoms with Gasteiger partial charge in [-0.2, -0.15) is 0 Å². The van der Waals surface area contributed by atoms with E-state index in [0.29, 0.717) is 5.02 Å². The summed E-state index contributed by atoms with van der Waals surface area (Å²) in [5, 5.41) is 7.38. The van der Waals surface area contributed by atoms with Crippen LogP contribution in [0.2, 0.25) is 5.02 Å². The molecule has 1 saturated heterocycles. The van der Waals surface area contributed by atoms with Crippen molar-refractivity contribution in [3.05, 3.63) is 79.0 Å². The number of hydrogen-bond donors (Lipinski definition) is 2. The van der Waals surface area contributed by atoms with Gasteiger partial charge in [-0.25, -0.2) is 13.6 Å². The minimum absolute atomic E-state index is 0.0351. The number of anilines is 1. The molecular formula is C29H32ClF2N5O2S. The first-order valence-corrected chi connectivity index (χ1v) is 14.7. The Balaban J connectivity index is 0.000000582. The fourth-order valence-corrected chi connectivity index (χ4v) is 6.39. The molecule has 0 aliphatic carbocycles. The van der Waals surface area contributed by atoms with Crippen LogP contribution in [0.4, 0.5) is 14.5 Å². The lowest BCUT2D eigenvalue weighted by Gasteiger charge is -2.22. The Bertz CT molecular complexity index is 1610. The van der Waals surface area contributed by atoms with Gasteiger partial charge in [-0.1, -0.05) is 11.6 Å². The second-order valence-electron chi connectivity index (χ2n) is 10.3. The van der Waals surface area contributed by atoms with Crippen LogP contribution in [0.5, 0.6) is 0 Å². The number of aromatic nitrogens is 3. The Morgan fingerprint density at radius 3 is 2.60 bits per heavy atom. The number of aryl methyl sites for hydroxylation is 2. The third kappa shape index (κ3) is 6.62. The smallest absolute Gasteiger partial charge is 0.331 e. The van der Waals surface area contributed by atoms with E-state index in [4.69, 9.17) is 11.6 Å². The lowest BCUT2D eigenvalue weighted by molar-refractivity contribution is 0.00826. The molecule has 2 aliphatic heterocycles.